The van der Waals surface area contributed by atoms with Gasteiger partial charge in [0.25, 0.3) is 5.70 Å². The van der Waals surface area contributed by atoms with E-state index in [1.807, 2.05) is 50.4 Å². The quantitative estimate of drug-likeness (QED) is 0.619. The molecule has 0 spiro atoms. The lowest BCUT2D eigenvalue weighted by Crippen LogP contribution is -2.02. The molecule has 2 rings (SSSR count). The minimum atomic E-state index is -0.334. The van der Waals surface area contributed by atoms with Gasteiger partial charge in [-0.05, 0) is 19.4 Å². The van der Waals surface area contributed by atoms with Crippen molar-refractivity contribution in [2.24, 2.45) is 0 Å². The largest absolute Gasteiger partial charge is 0.270 e. The van der Waals surface area contributed by atoms with E-state index >= 15 is 0 Å². The van der Waals surface area contributed by atoms with Gasteiger partial charge in [-0.2, -0.15) is 5.10 Å². The Hall–Kier alpha value is -2.43. The van der Waals surface area contributed by atoms with E-state index in [9.17, 15) is 10.1 Å². The van der Waals surface area contributed by atoms with E-state index in [-0.39, 0.29) is 16.7 Å². The van der Waals surface area contributed by atoms with Gasteiger partial charge in [0.05, 0.1) is 17.5 Å². The first-order chi connectivity index (χ1) is 9.56. The third-order valence-electron chi connectivity index (χ3n) is 2.95. The summed E-state index contributed by atoms with van der Waals surface area (Å²) in [6.45, 7) is 4.03. The predicted molar refractivity (Wildman–Crippen MR) is 77.7 cm³/mol. The predicted octanol–water partition coefficient (Wildman–Crippen LogP) is 3.32. The first kappa shape index (κ1) is 14.0. The third kappa shape index (κ3) is 3.54. The summed E-state index contributed by atoms with van der Waals surface area (Å²) in [6.07, 6.45) is 5.35. The first-order valence-electron chi connectivity index (χ1n) is 6.49. The Morgan fingerprint density at radius 1 is 1.40 bits per heavy atom. The van der Waals surface area contributed by atoms with Gasteiger partial charge >= 0.3 is 0 Å². The van der Waals surface area contributed by atoms with Gasteiger partial charge in [-0.1, -0.05) is 30.3 Å². The van der Waals surface area contributed by atoms with Gasteiger partial charge in [0, 0.05) is 23.9 Å². The molecule has 1 aromatic heterocycles. The van der Waals surface area contributed by atoms with Crippen LogP contribution in [0.4, 0.5) is 0 Å². The van der Waals surface area contributed by atoms with Gasteiger partial charge in [0.2, 0.25) is 0 Å². The van der Waals surface area contributed by atoms with E-state index in [4.69, 9.17) is 0 Å². The van der Waals surface area contributed by atoms with Crippen LogP contribution in [0.25, 0.3) is 6.08 Å². The van der Waals surface area contributed by atoms with Crippen molar-refractivity contribution >= 4 is 6.08 Å². The molecule has 0 aliphatic rings. The molecule has 20 heavy (non-hydrogen) atoms. The molecule has 2 aromatic rings. The maximum Gasteiger partial charge on any atom is 0.251 e. The van der Waals surface area contributed by atoms with Crippen LogP contribution >= 0.6 is 0 Å². The Labute approximate surface area is 117 Å². The SMILES string of the molecule is CC(C)n1cc(/C=C(/Cc2ccccc2)[N+](=O)[O-])cn1. The molecule has 0 aliphatic heterocycles. The minimum absolute atomic E-state index is 0.166. The highest BCUT2D eigenvalue weighted by atomic mass is 16.6. The topological polar surface area (TPSA) is 61.0 Å². The van der Waals surface area contributed by atoms with Gasteiger partial charge in [0.15, 0.2) is 0 Å². The molecule has 5 nitrogen and oxygen atoms in total. The van der Waals surface area contributed by atoms with Crippen molar-refractivity contribution < 1.29 is 4.92 Å². The van der Waals surface area contributed by atoms with Gasteiger partial charge in [-0.15, -0.1) is 0 Å². The zero-order valence-electron chi connectivity index (χ0n) is 11.6. The fraction of sp³-hybridized carbons (Fsp3) is 0.267. The van der Waals surface area contributed by atoms with Crippen LogP contribution in [-0.2, 0) is 6.42 Å². The van der Waals surface area contributed by atoms with Gasteiger partial charge in [-0.3, -0.25) is 14.8 Å². The molecule has 0 saturated heterocycles. The van der Waals surface area contributed by atoms with Crippen molar-refractivity contribution in [3.63, 3.8) is 0 Å². The molecule has 0 aliphatic carbocycles. The van der Waals surface area contributed by atoms with Gasteiger partial charge in [-0.25, -0.2) is 0 Å². The van der Waals surface area contributed by atoms with Crippen molar-refractivity contribution in [3.05, 3.63) is 69.7 Å². The second-order valence-electron chi connectivity index (χ2n) is 4.90. The molecular weight excluding hydrogens is 254 g/mol. The lowest BCUT2D eigenvalue weighted by atomic mass is 10.1. The molecule has 0 N–H and O–H groups in total. The van der Waals surface area contributed by atoms with Crippen LogP contribution in [-0.4, -0.2) is 14.7 Å². The second-order valence-corrected chi connectivity index (χ2v) is 4.90. The maximum absolute atomic E-state index is 11.2. The zero-order chi connectivity index (χ0) is 14.5. The molecular formula is C15H17N3O2. The summed E-state index contributed by atoms with van der Waals surface area (Å²) in [6, 6.07) is 9.66. The van der Waals surface area contributed by atoms with E-state index in [1.54, 1.807) is 17.0 Å². The zero-order valence-corrected chi connectivity index (χ0v) is 11.6. The molecule has 5 heteroatoms. The van der Waals surface area contributed by atoms with E-state index in [2.05, 4.69) is 5.10 Å². The molecule has 0 radical (unpaired) electrons. The van der Waals surface area contributed by atoms with Crippen molar-refractivity contribution in [1.82, 2.24) is 9.78 Å². The molecule has 0 amide bonds. The first-order valence-corrected chi connectivity index (χ1v) is 6.49. The number of nitrogens with zero attached hydrogens (tertiary/aromatic N) is 3. The normalized spacial score (nSPS) is 11.8. The fourth-order valence-corrected chi connectivity index (χ4v) is 1.88. The number of allylic oxidation sites excluding steroid dienone is 1. The average Bonchev–Trinajstić information content (AvgIpc) is 2.88. The molecule has 0 fully saturated rings. The van der Waals surface area contributed by atoms with Crippen LogP contribution in [0.5, 0.6) is 0 Å². The fourth-order valence-electron chi connectivity index (χ4n) is 1.88. The van der Waals surface area contributed by atoms with E-state index in [1.165, 1.54) is 0 Å². The third-order valence-corrected chi connectivity index (χ3v) is 2.95. The highest BCUT2D eigenvalue weighted by Gasteiger charge is 2.12. The number of hydrogen-bond donors (Lipinski definition) is 0. The number of rotatable bonds is 5. The van der Waals surface area contributed by atoms with E-state index in [0.717, 1.165) is 11.1 Å². The van der Waals surface area contributed by atoms with E-state index < -0.39 is 0 Å². The average molecular weight is 271 g/mol. The summed E-state index contributed by atoms with van der Waals surface area (Å²) in [5.41, 5.74) is 1.84. The van der Waals surface area contributed by atoms with Crippen LogP contribution in [0.1, 0.15) is 31.0 Å². The van der Waals surface area contributed by atoms with Crippen LogP contribution in [0.3, 0.4) is 0 Å². The standard InChI is InChI=1S/C15H17N3O2/c1-12(2)17-11-14(10-16-17)9-15(18(19)20)8-13-6-4-3-5-7-13/h3-7,9-12H,8H2,1-2H3/b15-9-. The van der Waals surface area contributed by atoms with Crippen LogP contribution in [0.2, 0.25) is 0 Å². The number of nitro groups is 1. The summed E-state index contributed by atoms with van der Waals surface area (Å²) in [5.74, 6) is 0. The smallest absolute Gasteiger partial charge is 0.251 e. The van der Waals surface area contributed by atoms with Crippen LogP contribution < -0.4 is 0 Å². The maximum atomic E-state index is 11.2. The molecule has 1 heterocycles. The lowest BCUT2D eigenvalue weighted by molar-refractivity contribution is -0.425. The highest BCUT2D eigenvalue weighted by Crippen LogP contribution is 2.14. The number of aromatic nitrogens is 2. The lowest BCUT2D eigenvalue weighted by Gasteiger charge is -2.02. The molecule has 1 aromatic carbocycles. The van der Waals surface area contributed by atoms with Crippen molar-refractivity contribution in [2.75, 3.05) is 0 Å². The second kappa shape index (κ2) is 6.14. The van der Waals surface area contributed by atoms with Crippen LogP contribution in [0, 0.1) is 10.1 Å². The Balaban J connectivity index is 2.23. The van der Waals surface area contributed by atoms with Crippen molar-refractivity contribution in [1.29, 1.82) is 0 Å². The van der Waals surface area contributed by atoms with Crippen molar-refractivity contribution in [2.45, 2.75) is 26.3 Å². The molecule has 0 saturated carbocycles. The Bertz CT molecular complexity index is 615. The highest BCUT2D eigenvalue weighted by molar-refractivity contribution is 5.49. The Kier molecular flexibility index (Phi) is 4.30. The Morgan fingerprint density at radius 3 is 2.65 bits per heavy atom. The van der Waals surface area contributed by atoms with Crippen molar-refractivity contribution in [3.8, 4) is 0 Å². The number of benzene rings is 1. The van der Waals surface area contributed by atoms with Gasteiger partial charge in [0.1, 0.15) is 0 Å². The molecule has 0 bridgehead atoms. The minimum Gasteiger partial charge on any atom is -0.270 e. The van der Waals surface area contributed by atoms with Crippen LogP contribution in [0.15, 0.2) is 48.4 Å². The molecule has 0 unspecified atom stereocenters. The monoisotopic (exact) mass is 271 g/mol. The molecule has 0 atom stereocenters. The number of hydrogen-bond acceptors (Lipinski definition) is 3. The Morgan fingerprint density at radius 2 is 2.10 bits per heavy atom. The summed E-state index contributed by atoms with van der Waals surface area (Å²) >= 11 is 0. The summed E-state index contributed by atoms with van der Waals surface area (Å²) in [7, 11) is 0. The van der Waals surface area contributed by atoms with E-state index in [0.29, 0.717) is 6.42 Å². The summed E-state index contributed by atoms with van der Waals surface area (Å²) < 4.78 is 1.78. The summed E-state index contributed by atoms with van der Waals surface area (Å²) in [4.78, 5) is 10.8. The molecule has 104 valence electrons. The van der Waals surface area contributed by atoms with Gasteiger partial charge < -0.3 is 0 Å². The summed E-state index contributed by atoms with van der Waals surface area (Å²) in [5, 5.41) is 15.3.